The number of rotatable bonds is 9. The Bertz CT molecular complexity index is 1360. The van der Waals surface area contributed by atoms with Crippen molar-refractivity contribution >= 4 is 11.7 Å². The van der Waals surface area contributed by atoms with Gasteiger partial charge in [-0.05, 0) is 75.8 Å². The summed E-state index contributed by atoms with van der Waals surface area (Å²) in [5.74, 6) is -1.81. The minimum atomic E-state index is -1.21. The van der Waals surface area contributed by atoms with Crippen LogP contribution in [0.2, 0.25) is 0 Å². The standard InChI is InChI=1S/C32H39F2N3O4/c1-20-27(29(30(38)39)41-31(2,3)4)28(37-12-10-32(5,6)11-13-37)25(19-35-20)26-8-7-24(18-36-26)40-14-9-21-15-22(33)17-23(34)16-21/h7-8,15-19,29H,9-14H2,1-6H3,(H,38,39). The number of nitrogens with zero attached hydrogens (tertiary/aromatic N) is 3. The van der Waals surface area contributed by atoms with Gasteiger partial charge in [0.05, 0.1) is 29.8 Å². The summed E-state index contributed by atoms with van der Waals surface area (Å²) in [5, 5.41) is 10.3. The van der Waals surface area contributed by atoms with Gasteiger partial charge in [0.1, 0.15) is 17.4 Å². The van der Waals surface area contributed by atoms with Crippen LogP contribution in [-0.2, 0) is 16.0 Å². The molecule has 1 aliphatic heterocycles. The number of aliphatic carboxylic acids is 1. The van der Waals surface area contributed by atoms with Gasteiger partial charge in [-0.15, -0.1) is 0 Å². The molecule has 1 aromatic carbocycles. The highest BCUT2D eigenvalue weighted by Gasteiger charge is 2.36. The number of piperidine rings is 1. The molecule has 3 heterocycles. The molecule has 0 amide bonds. The smallest absolute Gasteiger partial charge is 0.337 e. The van der Waals surface area contributed by atoms with Gasteiger partial charge < -0.3 is 19.5 Å². The molecule has 1 unspecified atom stereocenters. The quantitative estimate of drug-likeness (QED) is 0.300. The largest absolute Gasteiger partial charge is 0.492 e. The molecule has 0 bridgehead atoms. The molecule has 220 valence electrons. The van der Waals surface area contributed by atoms with E-state index in [1.54, 1.807) is 18.5 Å². The monoisotopic (exact) mass is 567 g/mol. The first kappa shape index (κ1) is 30.4. The van der Waals surface area contributed by atoms with Crippen LogP contribution in [-0.4, -0.2) is 46.3 Å². The van der Waals surface area contributed by atoms with Crippen molar-refractivity contribution in [3.05, 3.63) is 71.2 Å². The molecule has 0 radical (unpaired) electrons. The van der Waals surface area contributed by atoms with Gasteiger partial charge in [-0.25, -0.2) is 13.6 Å². The number of ether oxygens (including phenoxy) is 2. The van der Waals surface area contributed by atoms with Crippen molar-refractivity contribution < 1.29 is 28.2 Å². The van der Waals surface area contributed by atoms with Gasteiger partial charge >= 0.3 is 5.97 Å². The van der Waals surface area contributed by atoms with Crippen molar-refractivity contribution in [2.75, 3.05) is 24.6 Å². The lowest BCUT2D eigenvalue weighted by Gasteiger charge is -2.40. The molecule has 1 saturated heterocycles. The van der Waals surface area contributed by atoms with E-state index in [4.69, 9.17) is 9.47 Å². The van der Waals surface area contributed by atoms with Crippen molar-refractivity contribution in [2.45, 2.75) is 72.5 Å². The van der Waals surface area contributed by atoms with Crippen LogP contribution in [0.4, 0.5) is 14.5 Å². The Balaban J connectivity index is 1.66. The summed E-state index contributed by atoms with van der Waals surface area (Å²) in [6.07, 6.45) is 4.38. The molecule has 0 saturated carbocycles. The number of hydrogen-bond acceptors (Lipinski definition) is 6. The fraction of sp³-hybridized carbons (Fsp3) is 0.469. The third-order valence-electron chi connectivity index (χ3n) is 7.27. The van der Waals surface area contributed by atoms with Gasteiger partial charge in [-0.1, -0.05) is 13.8 Å². The fourth-order valence-electron chi connectivity index (χ4n) is 5.04. The molecule has 4 rings (SSSR count). The molecule has 7 nitrogen and oxygen atoms in total. The van der Waals surface area contributed by atoms with Crippen LogP contribution >= 0.6 is 0 Å². The lowest BCUT2D eigenvalue weighted by Crippen LogP contribution is -2.39. The molecular formula is C32H39F2N3O4. The number of aromatic nitrogens is 2. The van der Waals surface area contributed by atoms with Crippen LogP contribution in [0.3, 0.4) is 0 Å². The van der Waals surface area contributed by atoms with Crippen molar-refractivity contribution in [3.8, 4) is 17.0 Å². The number of aryl methyl sites for hydroxylation is 1. The first-order chi connectivity index (χ1) is 19.2. The number of halogens is 2. The normalized spacial score (nSPS) is 16.0. The van der Waals surface area contributed by atoms with Crippen LogP contribution in [0.5, 0.6) is 5.75 Å². The Kier molecular flexibility index (Phi) is 8.97. The summed E-state index contributed by atoms with van der Waals surface area (Å²) in [7, 11) is 0. The zero-order chi connectivity index (χ0) is 29.9. The molecule has 0 aliphatic carbocycles. The van der Waals surface area contributed by atoms with Gasteiger partial charge in [0.15, 0.2) is 6.10 Å². The van der Waals surface area contributed by atoms with E-state index in [-0.39, 0.29) is 12.0 Å². The average molecular weight is 568 g/mol. The summed E-state index contributed by atoms with van der Waals surface area (Å²) >= 11 is 0. The Hall–Kier alpha value is -3.59. The van der Waals surface area contributed by atoms with Crippen molar-refractivity contribution in [2.24, 2.45) is 5.41 Å². The second-order valence-corrected chi connectivity index (χ2v) is 12.4. The maximum atomic E-state index is 13.5. The fourth-order valence-corrected chi connectivity index (χ4v) is 5.04. The minimum Gasteiger partial charge on any atom is -0.492 e. The highest BCUT2D eigenvalue weighted by atomic mass is 19.1. The third kappa shape index (κ3) is 7.79. The zero-order valence-electron chi connectivity index (χ0n) is 24.6. The van der Waals surface area contributed by atoms with E-state index < -0.39 is 29.3 Å². The van der Waals surface area contributed by atoms with Crippen LogP contribution in [0.25, 0.3) is 11.3 Å². The summed E-state index contributed by atoms with van der Waals surface area (Å²) in [6.45, 7) is 13.6. The molecule has 9 heteroatoms. The lowest BCUT2D eigenvalue weighted by molar-refractivity contribution is -0.160. The van der Waals surface area contributed by atoms with Crippen LogP contribution < -0.4 is 9.64 Å². The van der Waals surface area contributed by atoms with E-state index in [9.17, 15) is 18.7 Å². The maximum Gasteiger partial charge on any atom is 0.337 e. The number of carboxylic acid groups (broad SMARTS) is 1. The second-order valence-electron chi connectivity index (χ2n) is 12.4. The van der Waals surface area contributed by atoms with Crippen molar-refractivity contribution in [1.29, 1.82) is 0 Å². The van der Waals surface area contributed by atoms with E-state index >= 15 is 0 Å². The summed E-state index contributed by atoms with van der Waals surface area (Å²) in [5.41, 5.74) is 3.26. The Morgan fingerprint density at radius 1 is 1.07 bits per heavy atom. The molecule has 1 aliphatic rings. The maximum absolute atomic E-state index is 13.5. The highest BCUT2D eigenvalue weighted by Crippen LogP contribution is 2.43. The number of pyridine rings is 2. The van der Waals surface area contributed by atoms with Crippen LogP contribution in [0.1, 0.15) is 70.4 Å². The Labute approximate surface area is 240 Å². The Morgan fingerprint density at radius 2 is 1.73 bits per heavy atom. The number of carboxylic acids is 1. The van der Waals surface area contributed by atoms with Crippen molar-refractivity contribution in [3.63, 3.8) is 0 Å². The van der Waals surface area contributed by atoms with Gasteiger partial charge in [0.25, 0.3) is 0 Å². The van der Waals surface area contributed by atoms with E-state index in [1.807, 2.05) is 33.8 Å². The van der Waals surface area contributed by atoms with E-state index in [1.165, 1.54) is 12.1 Å². The topological polar surface area (TPSA) is 84.8 Å². The second kappa shape index (κ2) is 12.1. The van der Waals surface area contributed by atoms with E-state index in [0.29, 0.717) is 34.7 Å². The first-order valence-electron chi connectivity index (χ1n) is 13.9. The molecule has 2 aromatic heterocycles. The molecule has 1 atom stereocenters. The molecular weight excluding hydrogens is 528 g/mol. The molecule has 1 fully saturated rings. The number of hydrogen-bond donors (Lipinski definition) is 1. The molecule has 3 aromatic rings. The van der Waals surface area contributed by atoms with Gasteiger partial charge in [0, 0.05) is 48.6 Å². The first-order valence-corrected chi connectivity index (χ1v) is 13.9. The van der Waals surface area contributed by atoms with Gasteiger partial charge in [-0.2, -0.15) is 0 Å². The summed E-state index contributed by atoms with van der Waals surface area (Å²) < 4.78 is 38.8. The van der Waals surface area contributed by atoms with Crippen LogP contribution in [0.15, 0.2) is 42.7 Å². The molecule has 41 heavy (non-hydrogen) atoms. The SMILES string of the molecule is Cc1ncc(-c2ccc(OCCc3cc(F)cc(F)c3)cn2)c(N2CCC(C)(C)CC2)c1C(OC(C)(C)C)C(=O)O. The molecule has 0 spiro atoms. The summed E-state index contributed by atoms with van der Waals surface area (Å²) in [4.78, 5) is 24.0. The minimum absolute atomic E-state index is 0.196. The van der Waals surface area contributed by atoms with Crippen molar-refractivity contribution in [1.82, 2.24) is 9.97 Å². The summed E-state index contributed by atoms with van der Waals surface area (Å²) in [6, 6.07) is 6.99. The predicted octanol–water partition coefficient (Wildman–Crippen LogP) is 6.92. The van der Waals surface area contributed by atoms with Gasteiger partial charge in [-0.3, -0.25) is 9.97 Å². The number of carbonyl (C=O) groups is 1. The Morgan fingerprint density at radius 3 is 2.29 bits per heavy atom. The molecule has 1 N–H and O–H groups in total. The lowest BCUT2D eigenvalue weighted by atomic mass is 9.82. The zero-order valence-corrected chi connectivity index (χ0v) is 24.6. The van der Waals surface area contributed by atoms with Gasteiger partial charge in [0.2, 0.25) is 0 Å². The van der Waals surface area contributed by atoms with Crippen LogP contribution in [0, 0.1) is 24.0 Å². The number of benzene rings is 1. The predicted molar refractivity (Wildman–Crippen MR) is 154 cm³/mol. The number of anilines is 1. The third-order valence-corrected chi connectivity index (χ3v) is 7.27. The average Bonchev–Trinajstić information content (AvgIpc) is 2.87. The van der Waals surface area contributed by atoms with E-state index in [0.717, 1.165) is 43.2 Å². The van der Waals surface area contributed by atoms with E-state index in [2.05, 4.69) is 28.7 Å². The highest BCUT2D eigenvalue weighted by molar-refractivity contribution is 5.85.